The highest BCUT2D eigenvalue weighted by Gasteiger charge is 2.20. The molecule has 0 bridgehead atoms. The molecule has 9 nitrogen and oxygen atoms in total. The van der Waals surface area contributed by atoms with Crippen LogP contribution in [0.15, 0.2) is 34.9 Å². The highest BCUT2D eigenvalue weighted by molar-refractivity contribution is 6.27. The third-order valence-corrected chi connectivity index (χ3v) is 4.34. The fourth-order valence-electron chi connectivity index (χ4n) is 3.07. The average molecular weight is 384 g/mol. The number of nitrogens with zero attached hydrogens (tertiary/aromatic N) is 3. The van der Waals surface area contributed by atoms with Gasteiger partial charge in [-0.3, -0.25) is 0 Å². The lowest BCUT2D eigenvalue weighted by Crippen LogP contribution is -2.25. The van der Waals surface area contributed by atoms with E-state index in [1.165, 1.54) is 0 Å². The van der Waals surface area contributed by atoms with Gasteiger partial charge in [-0.05, 0) is 26.5 Å². The highest BCUT2D eigenvalue weighted by Crippen LogP contribution is 2.31. The van der Waals surface area contributed by atoms with E-state index in [-0.39, 0.29) is 0 Å². The molecule has 0 saturated carbocycles. The summed E-state index contributed by atoms with van der Waals surface area (Å²) in [6.45, 7) is 3.97. The largest absolute Gasteiger partial charge is 0.473 e. The lowest BCUT2D eigenvalue weighted by molar-refractivity contribution is -0.159. The number of rotatable bonds is 2. The minimum absolute atomic E-state index is 0.631. The predicted octanol–water partition coefficient (Wildman–Crippen LogP) is 2.40. The number of aromatic nitrogens is 3. The van der Waals surface area contributed by atoms with Crippen molar-refractivity contribution in [1.82, 2.24) is 20.0 Å². The molecule has 3 N–H and O–H groups in total. The molecule has 4 rings (SSSR count). The maximum absolute atomic E-state index is 9.10. The third-order valence-electron chi connectivity index (χ3n) is 4.34. The Balaban J connectivity index is 0.000000330. The molecule has 1 aliphatic rings. The van der Waals surface area contributed by atoms with E-state index in [1.807, 2.05) is 19.1 Å². The molecule has 28 heavy (non-hydrogen) atoms. The molecule has 0 saturated heterocycles. The first-order chi connectivity index (χ1) is 13.4. The summed E-state index contributed by atoms with van der Waals surface area (Å²) in [5.41, 5.74) is 4.29. The number of likely N-dealkylation sites (N-methyl/N-ethyl adjacent to an activating group) is 1. The molecular weight excluding hydrogens is 364 g/mol. The van der Waals surface area contributed by atoms with Crippen molar-refractivity contribution in [3.8, 4) is 11.4 Å². The van der Waals surface area contributed by atoms with Gasteiger partial charge in [0, 0.05) is 35.3 Å². The molecular formula is C19H20N4O5. The van der Waals surface area contributed by atoms with Crippen LogP contribution in [-0.4, -0.2) is 62.3 Å². The van der Waals surface area contributed by atoms with E-state index in [1.54, 1.807) is 0 Å². The fourth-order valence-corrected chi connectivity index (χ4v) is 3.07. The van der Waals surface area contributed by atoms with Crippen molar-refractivity contribution in [3.63, 3.8) is 0 Å². The quantitative estimate of drug-likeness (QED) is 0.574. The number of hydrogen-bond donors (Lipinski definition) is 3. The summed E-state index contributed by atoms with van der Waals surface area (Å²) >= 11 is 0. The van der Waals surface area contributed by atoms with Gasteiger partial charge in [-0.15, -0.1) is 0 Å². The molecule has 0 radical (unpaired) electrons. The SMILES string of the molecule is Cc1[nH]c2ccccc2c1-c1noc(C2=CCCN(C)C2)n1.O=C(O)C(=O)O. The number of aryl methyl sites for hydroxylation is 1. The van der Waals surface area contributed by atoms with Gasteiger partial charge < -0.3 is 24.6 Å². The Morgan fingerprint density at radius 2 is 1.93 bits per heavy atom. The number of benzene rings is 1. The molecule has 0 atom stereocenters. The van der Waals surface area contributed by atoms with E-state index < -0.39 is 11.9 Å². The lowest BCUT2D eigenvalue weighted by Gasteiger charge is -2.20. The summed E-state index contributed by atoms with van der Waals surface area (Å²) in [6, 6.07) is 8.19. The van der Waals surface area contributed by atoms with Crippen LogP contribution in [0.1, 0.15) is 18.0 Å². The molecule has 3 heterocycles. The van der Waals surface area contributed by atoms with Crippen LogP contribution in [0.25, 0.3) is 27.9 Å². The number of H-pyrrole nitrogens is 1. The van der Waals surface area contributed by atoms with Crippen molar-refractivity contribution < 1.29 is 24.3 Å². The van der Waals surface area contributed by atoms with Crippen LogP contribution in [-0.2, 0) is 9.59 Å². The van der Waals surface area contributed by atoms with Gasteiger partial charge in [0.15, 0.2) is 0 Å². The fraction of sp³-hybridized carbons (Fsp3) is 0.263. The van der Waals surface area contributed by atoms with Crippen LogP contribution >= 0.6 is 0 Å². The molecule has 0 unspecified atom stereocenters. The van der Waals surface area contributed by atoms with Gasteiger partial charge in [-0.1, -0.05) is 29.4 Å². The number of fused-ring (bicyclic) bond motifs is 1. The first kappa shape index (κ1) is 19.3. The monoisotopic (exact) mass is 384 g/mol. The maximum atomic E-state index is 9.10. The van der Waals surface area contributed by atoms with Gasteiger partial charge in [0.05, 0.1) is 5.56 Å². The Labute approximate surface area is 160 Å². The van der Waals surface area contributed by atoms with Crippen LogP contribution in [0.2, 0.25) is 0 Å². The molecule has 146 valence electrons. The second-order valence-corrected chi connectivity index (χ2v) is 6.46. The number of nitrogens with one attached hydrogen (secondary N) is 1. The highest BCUT2D eigenvalue weighted by atomic mass is 16.5. The Hall–Kier alpha value is -3.46. The normalized spacial score (nSPS) is 14.3. The molecule has 0 amide bonds. The number of hydrogen-bond acceptors (Lipinski definition) is 6. The number of carboxylic acids is 2. The molecule has 9 heteroatoms. The van der Waals surface area contributed by atoms with E-state index in [2.05, 4.69) is 45.3 Å². The average Bonchev–Trinajstić information content (AvgIpc) is 3.25. The molecule has 1 aliphatic heterocycles. The van der Waals surface area contributed by atoms with Crippen molar-refractivity contribution in [2.75, 3.05) is 20.1 Å². The Morgan fingerprint density at radius 1 is 1.21 bits per heavy atom. The van der Waals surface area contributed by atoms with Gasteiger partial charge in [0.25, 0.3) is 5.89 Å². The van der Waals surface area contributed by atoms with Crippen molar-refractivity contribution in [2.45, 2.75) is 13.3 Å². The summed E-state index contributed by atoms with van der Waals surface area (Å²) in [5.74, 6) is -2.37. The predicted molar refractivity (Wildman–Crippen MR) is 102 cm³/mol. The summed E-state index contributed by atoms with van der Waals surface area (Å²) < 4.78 is 5.51. The molecule has 1 aromatic carbocycles. The van der Waals surface area contributed by atoms with Crippen molar-refractivity contribution in [1.29, 1.82) is 0 Å². The van der Waals surface area contributed by atoms with Crippen molar-refractivity contribution >= 4 is 28.4 Å². The Morgan fingerprint density at radius 3 is 2.61 bits per heavy atom. The van der Waals surface area contributed by atoms with Gasteiger partial charge in [0.1, 0.15) is 0 Å². The van der Waals surface area contributed by atoms with Crippen LogP contribution in [0.3, 0.4) is 0 Å². The first-order valence-corrected chi connectivity index (χ1v) is 8.62. The van der Waals surface area contributed by atoms with Crippen LogP contribution in [0, 0.1) is 6.92 Å². The van der Waals surface area contributed by atoms with Gasteiger partial charge >= 0.3 is 11.9 Å². The van der Waals surface area contributed by atoms with E-state index in [9.17, 15) is 0 Å². The van der Waals surface area contributed by atoms with Crippen LogP contribution in [0.4, 0.5) is 0 Å². The Kier molecular flexibility index (Phi) is 5.55. The summed E-state index contributed by atoms with van der Waals surface area (Å²) in [7, 11) is 2.11. The van der Waals surface area contributed by atoms with E-state index in [0.717, 1.165) is 47.2 Å². The van der Waals surface area contributed by atoms with E-state index in [0.29, 0.717) is 11.7 Å². The topological polar surface area (TPSA) is 133 Å². The second-order valence-electron chi connectivity index (χ2n) is 6.46. The van der Waals surface area contributed by atoms with Crippen molar-refractivity contribution in [2.24, 2.45) is 0 Å². The zero-order valence-electron chi connectivity index (χ0n) is 15.5. The second kappa shape index (κ2) is 8.05. The first-order valence-electron chi connectivity index (χ1n) is 8.62. The number of aromatic amines is 1. The third kappa shape index (κ3) is 4.09. The van der Waals surface area contributed by atoms with Crippen LogP contribution in [0.5, 0.6) is 0 Å². The molecule has 2 aromatic heterocycles. The number of para-hydroxylation sites is 1. The van der Waals surface area contributed by atoms with Gasteiger partial charge in [-0.2, -0.15) is 4.98 Å². The smallest absolute Gasteiger partial charge is 0.414 e. The maximum Gasteiger partial charge on any atom is 0.414 e. The van der Waals surface area contributed by atoms with E-state index in [4.69, 9.17) is 24.3 Å². The minimum Gasteiger partial charge on any atom is -0.473 e. The van der Waals surface area contributed by atoms with Crippen LogP contribution < -0.4 is 0 Å². The summed E-state index contributed by atoms with van der Waals surface area (Å²) in [6.07, 6.45) is 3.22. The zero-order valence-corrected chi connectivity index (χ0v) is 15.5. The Bertz CT molecular complexity index is 1040. The van der Waals surface area contributed by atoms with Crippen molar-refractivity contribution in [3.05, 3.63) is 41.9 Å². The van der Waals surface area contributed by atoms with E-state index >= 15 is 0 Å². The molecule has 0 spiro atoms. The molecule has 0 fully saturated rings. The zero-order chi connectivity index (χ0) is 20.3. The number of aliphatic carboxylic acids is 2. The minimum atomic E-state index is -1.82. The van der Waals surface area contributed by atoms with Gasteiger partial charge in [0.2, 0.25) is 5.82 Å². The molecule has 0 aliphatic carbocycles. The summed E-state index contributed by atoms with van der Waals surface area (Å²) in [5, 5.41) is 20.1. The standard InChI is InChI=1S/C17H18N4O.C2H2O4/c1-11-15(13-7-3-4-8-14(13)18-11)16-19-17(22-20-16)12-6-5-9-21(2)10-12;3-1(4)2(5)6/h3-4,6-8,18H,5,9-10H2,1-2H3;(H,3,4)(H,5,6). The number of carboxylic acid groups (broad SMARTS) is 2. The van der Waals surface area contributed by atoms with Gasteiger partial charge in [-0.25, -0.2) is 9.59 Å². The summed E-state index contributed by atoms with van der Waals surface area (Å²) in [4.78, 5) is 28.5. The molecule has 3 aromatic rings. The number of carbonyl (C=O) groups is 2. The lowest BCUT2D eigenvalue weighted by atomic mass is 10.1.